The maximum absolute atomic E-state index is 13.2. The van der Waals surface area contributed by atoms with Crippen molar-refractivity contribution in [1.29, 1.82) is 0 Å². The second-order valence-corrected chi connectivity index (χ2v) is 10.2. The van der Waals surface area contributed by atoms with Gasteiger partial charge >= 0.3 is 5.97 Å². The van der Waals surface area contributed by atoms with Crippen molar-refractivity contribution in [2.75, 3.05) is 13.2 Å². The molecule has 0 saturated heterocycles. The molecule has 0 unspecified atom stereocenters. The SMILES string of the molecule is C[C@H](N)C(=O)N[C@@H](Cc1cnc[nH]1)C(=O)O[C@H](CNC(C)(C)C)COc1cccc2c1CCCC2=O. The molecule has 0 saturated carbocycles. The second-order valence-electron chi connectivity index (χ2n) is 10.2. The molecule has 1 aliphatic carbocycles. The number of nitrogens with one attached hydrogen (secondary N) is 3. The minimum Gasteiger partial charge on any atom is -0.489 e. The molecule has 10 nitrogen and oxygen atoms in total. The van der Waals surface area contributed by atoms with Crippen LogP contribution in [-0.4, -0.2) is 64.5 Å². The smallest absolute Gasteiger partial charge is 0.329 e. The van der Waals surface area contributed by atoms with Crippen molar-refractivity contribution in [2.45, 2.75) is 77.1 Å². The molecule has 1 aliphatic rings. The first-order valence-corrected chi connectivity index (χ1v) is 12.3. The molecule has 1 aromatic carbocycles. The lowest BCUT2D eigenvalue weighted by Gasteiger charge is -2.27. The Morgan fingerprint density at radius 3 is 2.69 bits per heavy atom. The highest BCUT2D eigenvalue weighted by atomic mass is 16.6. The fourth-order valence-electron chi connectivity index (χ4n) is 3.88. The van der Waals surface area contributed by atoms with E-state index in [0.29, 0.717) is 30.0 Å². The zero-order valence-corrected chi connectivity index (χ0v) is 21.4. The fraction of sp³-hybridized carbons (Fsp3) is 0.538. The van der Waals surface area contributed by atoms with Crippen LogP contribution in [0.5, 0.6) is 5.75 Å². The Morgan fingerprint density at radius 1 is 1.25 bits per heavy atom. The van der Waals surface area contributed by atoms with Gasteiger partial charge in [-0.1, -0.05) is 12.1 Å². The molecule has 1 amide bonds. The number of esters is 1. The number of fused-ring (bicyclic) bond motifs is 1. The third-order valence-corrected chi connectivity index (χ3v) is 5.83. The van der Waals surface area contributed by atoms with E-state index < -0.39 is 30.1 Å². The van der Waals surface area contributed by atoms with E-state index >= 15 is 0 Å². The molecule has 3 atom stereocenters. The molecule has 2 aromatic rings. The summed E-state index contributed by atoms with van der Waals surface area (Å²) in [6, 6.07) is 3.72. The van der Waals surface area contributed by atoms with Gasteiger partial charge in [0.1, 0.15) is 24.5 Å². The van der Waals surface area contributed by atoms with Gasteiger partial charge in [0, 0.05) is 47.9 Å². The summed E-state index contributed by atoms with van der Waals surface area (Å²) in [6.45, 7) is 7.99. The number of carbonyl (C=O) groups is 3. The predicted molar refractivity (Wildman–Crippen MR) is 135 cm³/mol. The van der Waals surface area contributed by atoms with Crippen LogP contribution in [0.3, 0.4) is 0 Å². The van der Waals surface area contributed by atoms with E-state index in [2.05, 4.69) is 20.6 Å². The topological polar surface area (TPSA) is 148 Å². The van der Waals surface area contributed by atoms with E-state index in [9.17, 15) is 14.4 Å². The first-order chi connectivity index (χ1) is 17.0. The Bertz CT molecular complexity index is 1050. The summed E-state index contributed by atoms with van der Waals surface area (Å²) in [5.41, 5.74) is 7.73. The van der Waals surface area contributed by atoms with Gasteiger partial charge in [0.15, 0.2) is 5.78 Å². The number of aromatic nitrogens is 2. The zero-order chi connectivity index (χ0) is 26.3. The van der Waals surface area contributed by atoms with Crippen molar-refractivity contribution < 1.29 is 23.9 Å². The van der Waals surface area contributed by atoms with Crippen LogP contribution in [0, 0.1) is 0 Å². The lowest BCUT2D eigenvalue weighted by Crippen LogP contribution is -2.51. The van der Waals surface area contributed by atoms with Gasteiger partial charge < -0.3 is 30.8 Å². The van der Waals surface area contributed by atoms with Crippen molar-refractivity contribution in [1.82, 2.24) is 20.6 Å². The van der Waals surface area contributed by atoms with Gasteiger partial charge in [-0.15, -0.1) is 0 Å². The van der Waals surface area contributed by atoms with Gasteiger partial charge in [0.2, 0.25) is 5.91 Å². The number of benzene rings is 1. The second kappa shape index (κ2) is 12.1. The minimum absolute atomic E-state index is 0.0808. The number of hydrogen-bond acceptors (Lipinski definition) is 8. The summed E-state index contributed by atoms with van der Waals surface area (Å²) < 4.78 is 11.9. The number of carbonyl (C=O) groups excluding carboxylic acids is 3. The highest BCUT2D eigenvalue weighted by Crippen LogP contribution is 2.29. The molecule has 0 fully saturated rings. The van der Waals surface area contributed by atoms with Crippen LogP contribution in [0.4, 0.5) is 0 Å². The molecule has 1 aromatic heterocycles. The lowest BCUT2D eigenvalue weighted by atomic mass is 9.90. The van der Waals surface area contributed by atoms with E-state index in [4.69, 9.17) is 15.2 Å². The van der Waals surface area contributed by atoms with Crippen molar-refractivity contribution in [3.8, 4) is 5.75 Å². The molecular formula is C26H37N5O5. The Kier molecular flexibility index (Phi) is 9.22. The number of ketones is 1. The van der Waals surface area contributed by atoms with Gasteiger partial charge in [-0.25, -0.2) is 9.78 Å². The Hall–Kier alpha value is -3.24. The van der Waals surface area contributed by atoms with Gasteiger partial charge in [0.05, 0.1) is 12.4 Å². The average molecular weight is 500 g/mol. The van der Waals surface area contributed by atoms with E-state index in [-0.39, 0.29) is 24.3 Å². The molecule has 0 radical (unpaired) electrons. The summed E-state index contributed by atoms with van der Waals surface area (Å²) in [6.07, 6.45) is 4.69. The number of aromatic amines is 1. The van der Waals surface area contributed by atoms with Crippen LogP contribution < -0.4 is 21.1 Å². The van der Waals surface area contributed by atoms with Gasteiger partial charge in [0.25, 0.3) is 0 Å². The summed E-state index contributed by atoms with van der Waals surface area (Å²) in [7, 11) is 0. The number of hydrogen-bond donors (Lipinski definition) is 4. The Balaban J connectivity index is 1.74. The monoisotopic (exact) mass is 499 g/mol. The molecule has 0 aliphatic heterocycles. The van der Waals surface area contributed by atoms with E-state index in [1.165, 1.54) is 6.33 Å². The number of nitrogens with two attached hydrogens (primary N) is 1. The molecule has 1 heterocycles. The van der Waals surface area contributed by atoms with Crippen LogP contribution in [0.2, 0.25) is 0 Å². The number of nitrogens with zero attached hydrogens (tertiary/aromatic N) is 1. The minimum atomic E-state index is -0.955. The van der Waals surface area contributed by atoms with E-state index in [0.717, 1.165) is 18.4 Å². The normalized spacial score (nSPS) is 16.0. The van der Waals surface area contributed by atoms with Crippen molar-refractivity contribution in [3.63, 3.8) is 0 Å². The van der Waals surface area contributed by atoms with Crippen LogP contribution in [0.15, 0.2) is 30.7 Å². The average Bonchev–Trinajstić information content (AvgIpc) is 3.33. The van der Waals surface area contributed by atoms with Gasteiger partial charge in [-0.3, -0.25) is 9.59 Å². The molecule has 36 heavy (non-hydrogen) atoms. The standard InChI is InChI=1S/C26H37N5O5/c1-16(27)24(33)31-21(11-17-12-28-15-29-17)25(34)36-18(13-30-26(2,3)4)14-35-23-10-6-7-19-20(23)8-5-9-22(19)32/h6-7,10,12,15-16,18,21,30H,5,8-9,11,13-14,27H2,1-4H3,(H,28,29)(H,31,33)/t16-,18+,21-/m0/s1. The number of amides is 1. The maximum Gasteiger partial charge on any atom is 0.329 e. The van der Waals surface area contributed by atoms with Crippen molar-refractivity contribution >= 4 is 17.7 Å². The van der Waals surface area contributed by atoms with Crippen molar-refractivity contribution in [2.24, 2.45) is 5.73 Å². The van der Waals surface area contributed by atoms with Crippen LogP contribution >= 0.6 is 0 Å². The first-order valence-electron chi connectivity index (χ1n) is 12.3. The zero-order valence-electron chi connectivity index (χ0n) is 21.4. The molecular weight excluding hydrogens is 462 g/mol. The first kappa shape index (κ1) is 27.3. The summed E-state index contributed by atoms with van der Waals surface area (Å²) >= 11 is 0. The quantitative estimate of drug-likeness (QED) is 0.341. The molecule has 10 heteroatoms. The molecule has 196 valence electrons. The summed E-state index contributed by atoms with van der Waals surface area (Å²) in [5.74, 6) is -0.326. The number of rotatable bonds is 11. The van der Waals surface area contributed by atoms with Gasteiger partial charge in [-0.2, -0.15) is 0 Å². The summed E-state index contributed by atoms with van der Waals surface area (Å²) in [5, 5.41) is 6.01. The van der Waals surface area contributed by atoms with Gasteiger partial charge in [-0.05, 0) is 46.6 Å². The molecule has 0 bridgehead atoms. The van der Waals surface area contributed by atoms with E-state index in [1.54, 1.807) is 19.2 Å². The highest BCUT2D eigenvalue weighted by Gasteiger charge is 2.29. The van der Waals surface area contributed by atoms with Crippen molar-refractivity contribution in [3.05, 3.63) is 47.5 Å². The van der Waals surface area contributed by atoms with E-state index in [1.807, 2.05) is 32.9 Å². The molecule has 3 rings (SSSR count). The van der Waals surface area contributed by atoms with Crippen LogP contribution in [0.1, 0.15) is 62.2 Å². The number of Topliss-reactive ketones (excluding diaryl/α,β-unsaturated/α-hetero) is 1. The largest absolute Gasteiger partial charge is 0.489 e. The maximum atomic E-state index is 13.2. The number of imidazole rings is 1. The number of H-pyrrole nitrogens is 1. The third-order valence-electron chi connectivity index (χ3n) is 5.83. The highest BCUT2D eigenvalue weighted by molar-refractivity contribution is 5.99. The fourth-order valence-corrected chi connectivity index (χ4v) is 3.88. The lowest BCUT2D eigenvalue weighted by molar-refractivity contribution is -0.154. The number of ether oxygens (including phenoxy) is 2. The molecule has 5 N–H and O–H groups in total. The Morgan fingerprint density at radius 2 is 2.03 bits per heavy atom. The van der Waals surface area contributed by atoms with Crippen LogP contribution in [-0.2, 0) is 27.2 Å². The van der Waals surface area contributed by atoms with Crippen LogP contribution in [0.25, 0.3) is 0 Å². The summed E-state index contributed by atoms with van der Waals surface area (Å²) in [4.78, 5) is 44.7. The predicted octanol–water partition coefficient (Wildman–Crippen LogP) is 1.68. The Labute approximate surface area is 211 Å². The molecule has 0 spiro atoms. The third kappa shape index (κ3) is 7.89.